The summed E-state index contributed by atoms with van der Waals surface area (Å²) in [5.74, 6) is 0.388. The van der Waals surface area contributed by atoms with Crippen molar-refractivity contribution >= 4 is 28.9 Å². The van der Waals surface area contributed by atoms with Crippen LogP contribution in [0.1, 0.15) is 23.6 Å². The van der Waals surface area contributed by atoms with E-state index < -0.39 is 0 Å². The van der Waals surface area contributed by atoms with Crippen molar-refractivity contribution in [2.24, 2.45) is 4.99 Å². The third-order valence-electron chi connectivity index (χ3n) is 4.70. The Labute approximate surface area is 167 Å². The highest BCUT2D eigenvalue weighted by Crippen LogP contribution is 2.38. The molecule has 6 nitrogen and oxygen atoms in total. The first-order valence-corrected chi connectivity index (χ1v) is 9.18. The lowest BCUT2D eigenvalue weighted by Gasteiger charge is -2.13. The Morgan fingerprint density at radius 1 is 1.07 bits per heavy atom. The van der Waals surface area contributed by atoms with Gasteiger partial charge in [-0.15, -0.1) is 0 Å². The van der Waals surface area contributed by atoms with E-state index >= 15 is 0 Å². The number of nitriles is 2. The Hall–Kier alpha value is -4.16. The van der Waals surface area contributed by atoms with E-state index in [0.717, 1.165) is 22.2 Å². The number of hydrogen-bond acceptors (Lipinski definition) is 5. The molecule has 0 saturated heterocycles. The van der Waals surface area contributed by atoms with Crippen LogP contribution < -0.4 is 0 Å². The van der Waals surface area contributed by atoms with Crippen molar-refractivity contribution in [1.29, 1.82) is 10.5 Å². The minimum absolute atomic E-state index is 0.303. The second-order valence-corrected chi connectivity index (χ2v) is 6.49. The number of aromatic nitrogens is 2. The molecule has 0 N–H and O–H groups in total. The van der Waals surface area contributed by atoms with E-state index in [2.05, 4.69) is 22.1 Å². The molecule has 0 fully saturated rings. The van der Waals surface area contributed by atoms with Gasteiger partial charge in [0.15, 0.2) is 17.9 Å². The van der Waals surface area contributed by atoms with Crippen molar-refractivity contribution in [2.45, 2.75) is 13.8 Å². The van der Waals surface area contributed by atoms with Crippen LogP contribution in [0.15, 0.2) is 53.5 Å². The predicted molar refractivity (Wildman–Crippen MR) is 112 cm³/mol. The van der Waals surface area contributed by atoms with Gasteiger partial charge in [0.25, 0.3) is 0 Å². The highest BCUT2D eigenvalue weighted by atomic mass is 16.5. The van der Waals surface area contributed by atoms with E-state index in [0.29, 0.717) is 34.8 Å². The zero-order chi connectivity index (χ0) is 20.4. The van der Waals surface area contributed by atoms with Crippen LogP contribution in [0.3, 0.4) is 0 Å². The summed E-state index contributed by atoms with van der Waals surface area (Å²) in [6.07, 6.45) is 1.33. The Morgan fingerprint density at radius 2 is 1.79 bits per heavy atom. The number of benzene rings is 2. The number of hydrogen-bond donors (Lipinski definition) is 0. The van der Waals surface area contributed by atoms with Gasteiger partial charge in [-0.3, -0.25) is 4.40 Å². The number of imidazole rings is 1. The lowest BCUT2D eigenvalue weighted by molar-refractivity contribution is 0.344. The maximum Gasteiger partial charge on any atom is 0.176 e. The van der Waals surface area contributed by atoms with Crippen molar-refractivity contribution in [3.05, 3.63) is 65.2 Å². The van der Waals surface area contributed by atoms with E-state index in [-0.39, 0.29) is 0 Å². The van der Waals surface area contributed by atoms with Crippen LogP contribution in [-0.4, -0.2) is 22.4 Å². The van der Waals surface area contributed by atoms with E-state index in [1.807, 2.05) is 62.4 Å². The summed E-state index contributed by atoms with van der Waals surface area (Å²) in [7, 11) is 0. The molecule has 4 rings (SSSR count). The Bertz CT molecular complexity index is 1330. The first kappa shape index (κ1) is 18.2. The number of nitrogens with zero attached hydrogens (tertiary/aromatic N) is 5. The van der Waals surface area contributed by atoms with Gasteiger partial charge < -0.3 is 4.74 Å². The Kier molecular flexibility index (Phi) is 4.68. The van der Waals surface area contributed by atoms with Gasteiger partial charge in [-0.25, -0.2) is 9.98 Å². The lowest BCUT2D eigenvalue weighted by Crippen LogP contribution is -2.00. The van der Waals surface area contributed by atoms with E-state index in [1.165, 1.54) is 6.40 Å². The highest BCUT2D eigenvalue weighted by molar-refractivity contribution is 5.93. The van der Waals surface area contributed by atoms with Gasteiger partial charge in [0, 0.05) is 5.56 Å². The summed E-state index contributed by atoms with van der Waals surface area (Å²) in [5, 5.41) is 20.1. The third-order valence-corrected chi connectivity index (χ3v) is 4.70. The Balaban J connectivity index is 2.21. The van der Waals surface area contributed by atoms with Crippen LogP contribution in [0.4, 0.5) is 5.82 Å². The number of aliphatic imine (C=N–C) groups is 1. The molecule has 0 aliphatic carbocycles. The Morgan fingerprint density at radius 3 is 2.48 bits per heavy atom. The minimum atomic E-state index is 0.303. The lowest BCUT2D eigenvalue weighted by atomic mass is 9.95. The number of fused-ring (bicyclic) bond motifs is 3. The molecular weight excluding hydrogens is 362 g/mol. The molecule has 0 radical (unpaired) electrons. The molecule has 2 heterocycles. The van der Waals surface area contributed by atoms with Crippen molar-refractivity contribution in [3.8, 4) is 23.3 Å². The smallest absolute Gasteiger partial charge is 0.176 e. The standard InChI is InChI=1S/C23H17N5O/c1-3-29-14-26-22-17(12-24)21(16-10-8-15(2)9-11-16)18(13-25)23-27-19-6-4-5-7-20(19)28(22)23/h4-11,14H,3H2,1-2H3/b26-14+. The minimum Gasteiger partial charge on any atom is -0.483 e. The molecule has 4 aromatic rings. The molecule has 29 heavy (non-hydrogen) atoms. The van der Waals surface area contributed by atoms with Gasteiger partial charge in [0.05, 0.1) is 17.6 Å². The molecule has 0 atom stereocenters. The molecule has 2 aromatic carbocycles. The number of para-hydroxylation sites is 2. The summed E-state index contributed by atoms with van der Waals surface area (Å²) >= 11 is 0. The number of rotatable bonds is 4. The molecular formula is C23H17N5O. The largest absolute Gasteiger partial charge is 0.483 e. The zero-order valence-electron chi connectivity index (χ0n) is 16.0. The molecule has 140 valence electrons. The van der Waals surface area contributed by atoms with E-state index in [4.69, 9.17) is 4.74 Å². The quantitative estimate of drug-likeness (QED) is 0.373. The van der Waals surface area contributed by atoms with E-state index in [1.54, 1.807) is 4.40 Å². The van der Waals surface area contributed by atoms with E-state index in [9.17, 15) is 10.5 Å². The first-order chi connectivity index (χ1) is 14.2. The summed E-state index contributed by atoms with van der Waals surface area (Å²) in [5.41, 5.74) is 5.00. The number of pyridine rings is 1. The molecule has 0 saturated carbocycles. The third kappa shape index (κ3) is 2.97. The summed E-state index contributed by atoms with van der Waals surface area (Å²) in [6, 6.07) is 19.8. The van der Waals surface area contributed by atoms with Crippen LogP contribution >= 0.6 is 0 Å². The van der Waals surface area contributed by atoms with Crippen molar-refractivity contribution in [1.82, 2.24) is 9.38 Å². The maximum atomic E-state index is 10.1. The molecule has 0 amide bonds. The van der Waals surface area contributed by atoms with Gasteiger partial charge in [0.2, 0.25) is 0 Å². The van der Waals surface area contributed by atoms with Crippen molar-refractivity contribution in [2.75, 3.05) is 6.61 Å². The second kappa shape index (κ2) is 7.46. The van der Waals surface area contributed by atoms with Crippen LogP contribution in [0.2, 0.25) is 0 Å². The summed E-state index contributed by atoms with van der Waals surface area (Å²) < 4.78 is 7.04. The number of ether oxygens (including phenoxy) is 1. The molecule has 6 heteroatoms. The maximum absolute atomic E-state index is 10.1. The van der Waals surface area contributed by atoms with Crippen LogP contribution in [0.5, 0.6) is 0 Å². The molecule has 0 aliphatic rings. The molecule has 0 bridgehead atoms. The molecule has 0 aliphatic heterocycles. The average molecular weight is 379 g/mol. The van der Waals surface area contributed by atoms with Gasteiger partial charge in [-0.2, -0.15) is 10.5 Å². The fourth-order valence-corrected chi connectivity index (χ4v) is 3.37. The second-order valence-electron chi connectivity index (χ2n) is 6.49. The molecule has 0 unspecified atom stereocenters. The predicted octanol–water partition coefficient (Wildman–Crippen LogP) is 4.90. The number of aryl methyl sites for hydroxylation is 1. The fraction of sp³-hybridized carbons (Fsp3) is 0.130. The monoisotopic (exact) mass is 379 g/mol. The summed E-state index contributed by atoms with van der Waals surface area (Å²) in [4.78, 5) is 9.11. The average Bonchev–Trinajstić information content (AvgIpc) is 3.13. The SMILES string of the molecule is CCO/C=N/c1c(C#N)c(-c2ccc(C)cc2)c(C#N)c2nc3ccccc3n12. The van der Waals surface area contributed by atoms with Gasteiger partial charge >= 0.3 is 0 Å². The summed E-state index contributed by atoms with van der Waals surface area (Å²) in [6.45, 7) is 4.30. The van der Waals surface area contributed by atoms with Crippen LogP contribution in [0.25, 0.3) is 27.8 Å². The van der Waals surface area contributed by atoms with Crippen molar-refractivity contribution < 1.29 is 4.74 Å². The van der Waals surface area contributed by atoms with Crippen LogP contribution in [0, 0.1) is 29.6 Å². The zero-order valence-corrected chi connectivity index (χ0v) is 16.0. The van der Waals surface area contributed by atoms with Gasteiger partial charge in [-0.1, -0.05) is 42.0 Å². The highest BCUT2D eigenvalue weighted by Gasteiger charge is 2.23. The van der Waals surface area contributed by atoms with Crippen LogP contribution in [-0.2, 0) is 4.74 Å². The van der Waals surface area contributed by atoms with Gasteiger partial charge in [-0.05, 0) is 31.5 Å². The topological polar surface area (TPSA) is 86.5 Å². The normalized spacial score (nSPS) is 11.0. The fourth-order valence-electron chi connectivity index (χ4n) is 3.37. The molecule has 0 spiro atoms. The van der Waals surface area contributed by atoms with Crippen molar-refractivity contribution in [3.63, 3.8) is 0 Å². The van der Waals surface area contributed by atoms with Gasteiger partial charge in [0.1, 0.15) is 23.3 Å². The first-order valence-electron chi connectivity index (χ1n) is 9.18. The molecule has 2 aromatic heterocycles.